The summed E-state index contributed by atoms with van der Waals surface area (Å²) in [6, 6.07) is 32.7. The Kier molecular flexibility index (Phi) is 13.3. The summed E-state index contributed by atoms with van der Waals surface area (Å²) in [5, 5.41) is 15.6. The van der Waals surface area contributed by atoms with E-state index < -0.39 is 6.29 Å². The summed E-state index contributed by atoms with van der Waals surface area (Å²) in [6.07, 6.45) is 8.09. The summed E-state index contributed by atoms with van der Waals surface area (Å²) in [7, 11) is 0. The number of benzene rings is 4. The lowest BCUT2D eigenvalue weighted by Gasteiger charge is -2.41. The first kappa shape index (κ1) is 41.6. The molecule has 9 heteroatoms. The monoisotopic (exact) mass is 786 g/mol. The van der Waals surface area contributed by atoms with Gasteiger partial charge in [0.2, 0.25) is 11.8 Å². The second-order valence-electron chi connectivity index (χ2n) is 18.1. The van der Waals surface area contributed by atoms with Crippen molar-refractivity contribution in [3.05, 3.63) is 119 Å². The van der Waals surface area contributed by atoms with Gasteiger partial charge in [-0.1, -0.05) is 106 Å². The van der Waals surface area contributed by atoms with Crippen molar-refractivity contribution in [2.24, 2.45) is 10.8 Å². The molecule has 3 fully saturated rings. The maximum Gasteiger partial charge on any atom is 0.224 e. The largest absolute Gasteiger partial charge is 0.397 e. The highest BCUT2D eigenvalue weighted by Gasteiger charge is 2.50. The van der Waals surface area contributed by atoms with Crippen molar-refractivity contribution in [3.63, 3.8) is 0 Å². The number of anilines is 2. The molecule has 2 amide bonds. The maximum absolute atomic E-state index is 12.7. The lowest BCUT2D eigenvalue weighted by Crippen LogP contribution is -2.42. The number of likely N-dealkylation sites (tertiary alicyclic amines) is 1. The SMILES string of the molecule is CC1(C)CC2CC(C)(CN2C[C@@H]2C[C@H](c3ccc(CO)cc3)O[C@H](c3cccc(-c4cccc(CNC(=O)CCCCCCC(=O)Nc5ccccc5N)c4)c3)O2)C1. The first-order chi connectivity index (χ1) is 27.9. The Labute approximate surface area is 344 Å². The number of para-hydroxylation sites is 2. The summed E-state index contributed by atoms with van der Waals surface area (Å²) in [5.74, 6) is -0.0147. The van der Waals surface area contributed by atoms with Gasteiger partial charge in [0.15, 0.2) is 6.29 Å². The van der Waals surface area contributed by atoms with E-state index in [4.69, 9.17) is 15.2 Å². The van der Waals surface area contributed by atoms with E-state index in [-0.39, 0.29) is 30.6 Å². The molecule has 9 nitrogen and oxygen atoms in total. The van der Waals surface area contributed by atoms with Crippen molar-refractivity contribution < 1.29 is 24.2 Å². The van der Waals surface area contributed by atoms with E-state index >= 15 is 0 Å². The Bertz CT molecular complexity index is 2020. The summed E-state index contributed by atoms with van der Waals surface area (Å²) in [4.78, 5) is 27.7. The Hall–Kier alpha value is -4.54. The number of carbonyl (C=O) groups excluding carboxylic acids is 2. The molecule has 0 aromatic heterocycles. The van der Waals surface area contributed by atoms with E-state index in [0.717, 1.165) is 78.6 Å². The molecule has 7 rings (SSSR count). The molecular weight excluding hydrogens is 725 g/mol. The molecule has 5 atom stereocenters. The predicted octanol–water partition coefficient (Wildman–Crippen LogP) is 9.47. The van der Waals surface area contributed by atoms with Gasteiger partial charge in [-0.25, -0.2) is 0 Å². The second-order valence-corrected chi connectivity index (χ2v) is 18.1. The van der Waals surface area contributed by atoms with E-state index in [1.54, 1.807) is 12.1 Å². The summed E-state index contributed by atoms with van der Waals surface area (Å²) in [5.41, 5.74) is 14.0. The average Bonchev–Trinajstić information content (AvgIpc) is 3.45. The number of nitrogens with one attached hydrogen (secondary N) is 2. The molecule has 2 saturated heterocycles. The zero-order valence-corrected chi connectivity index (χ0v) is 34.6. The first-order valence-electron chi connectivity index (χ1n) is 21.3. The van der Waals surface area contributed by atoms with Crippen LogP contribution >= 0.6 is 0 Å². The van der Waals surface area contributed by atoms with E-state index in [0.29, 0.717) is 47.6 Å². The van der Waals surface area contributed by atoms with Gasteiger partial charge in [-0.3, -0.25) is 14.5 Å². The Morgan fingerprint density at radius 2 is 1.52 bits per heavy atom. The molecule has 0 radical (unpaired) electrons. The van der Waals surface area contributed by atoms with Crippen LogP contribution in [0.2, 0.25) is 0 Å². The number of nitrogens with zero attached hydrogens (tertiary/aromatic N) is 1. The molecule has 308 valence electrons. The lowest BCUT2D eigenvalue weighted by atomic mass is 9.65. The fourth-order valence-corrected chi connectivity index (χ4v) is 9.85. The van der Waals surface area contributed by atoms with Crippen LogP contribution in [0.5, 0.6) is 0 Å². The van der Waals surface area contributed by atoms with Gasteiger partial charge < -0.3 is 30.9 Å². The molecule has 1 saturated carbocycles. The molecule has 2 bridgehead atoms. The fourth-order valence-electron chi connectivity index (χ4n) is 9.85. The molecule has 0 spiro atoms. The minimum atomic E-state index is -0.525. The third-order valence-corrected chi connectivity index (χ3v) is 12.3. The van der Waals surface area contributed by atoms with Crippen LogP contribution in [0.3, 0.4) is 0 Å². The normalized spacial score (nSPS) is 24.0. The molecule has 4 aromatic carbocycles. The van der Waals surface area contributed by atoms with Gasteiger partial charge in [-0.05, 0) is 95.0 Å². The zero-order chi connectivity index (χ0) is 40.7. The summed E-state index contributed by atoms with van der Waals surface area (Å²) >= 11 is 0. The van der Waals surface area contributed by atoms with Crippen LogP contribution < -0.4 is 16.4 Å². The number of nitrogens with two attached hydrogens (primary N) is 1. The standard InChI is InChI=1S/C49H62N4O5/c1-48(2)27-40-28-49(3,32-48)33-53(40)30-41-26-44(36-22-20-34(31-54)21-23-36)58-47(57-41)39-15-11-14-38(25-39)37-13-10-12-35(24-37)29-51-45(55)18-6-4-5-7-19-46(56)52-43-17-9-8-16-42(43)50/h8-17,20-25,40-41,44,47,54H,4-7,18-19,26-33,50H2,1-3H3,(H,51,55)(H,52,56)/t40?,41-,44+,47+,49?/m0/s1. The van der Waals surface area contributed by atoms with Crippen molar-refractivity contribution in [1.82, 2.24) is 10.2 Å². The number of aliphatic hydroxyl groups excluding tert-OH is 1. The highest BCUT2D eigenvalue weighted by molar-refractivity contribution is 5.93. The molecule has 2 aliphatic heterocycles. The van der Waals surface area contributed by atoms with Crippen LogP contribution in [0.25, 0.3) is 11.1 Å². The van der Waals surface area contributed by atoms with Crippen LogP contribution in [-0.2, 0) is 32.2 Å². The number of nitrogen functional groups attached to an aromatic ring is 1. The summed E-state index contributed by atoms with van der Waals surface area (Å²) < 4.78 is 13.6. The summed E-state index contributed by atoms with van der Waals surface area (Å²) in [6.45, 7) is 9.79. The Morgan fingerprint density at radius 1 is 0.793 bits per heavy atom. The van der Waals surface area contributed by atoms with Crippen LogP contribution in [0.4, 0.5) is 11.4 Å². The van der Waals surface area contributed by atoms with E-state index in [9.17, 15) is 14.7 Å². The molecule has 5 N–H and O–H groups in total. The van der Waals surface area contributed by atoms with Crippen molar-refractivity contribution in [1.29, 1.82) is 0 Å². The van der Waals surface area contributed by atoms with Crippen LogP contribution in [-0.4, -0.2) is 47.1 Å². The van der Waals surface area contributed by atoms with Gasteiger partial charge in [0.1, 0.15) is 0 Å². The van der Waals surface area contributed by atoms with E-state index in [1.807, 2.05) is 36.4 Å². The average molecular weight is 787 g/mol. The molecular formula is C49H62N4O5. The third-order valence-electron chi connectivity index (χ3n) is 12.3. The minimum absolute atomic E-state index is 0.00894. The minimum Gasteiger partial charge on any atom is -0.397 e. The van der Waals surface area contributed by atoms with Gasteiger partial charge in [0.05, 0.1) is 30.2 Å². The highest BCUT2D eigenvalue weighted by atomic mass is 16.7. The lowest BCUT2D eigenvalue weighted by molar-refractivity contribution is -0.253. The van der Waals surface area contributed by atoms with Gasteiger partial charge >= 0.3 is 0 Å². The molecule has 3 aliphatic rings. The van der Waals surface area contributed by atoms with Gasteiger partial charge in [0.25, 0.3) is 0 Å². The topological polar surface area (TPSA) is 126 Å². The highest BCUT2D eigenvalue weighted by Crippen LogP contribution is 2.53. The third kappa shape index (κ3) is 10.9. The number of aliphatic hydroxyl groups is 1. The van der Waals surface area contributed by atoms with E-state index in [2.05, 4.69) is 84.8 Å². The molecule has 1 aliphatic carbocycles. The number of unbranched alkanes of at least 4 members (excludes halogenated alkanes) is 3. The maximum atomic E-state index is 12.7. The molecule has 58 heavy (non-hydrogen) atoms. The van der Waals surface area contributed by atoms with Crippen LogP contribution in [0, 0.1) is 10.8 Å². The van der Waals surface area contributed by atoms with Gasteiger partial charge in [-0.2, -0.15) is 0 Å². The number of hydrogen-bond donors (Lipinski definition) is 4. The molecule has 4 aromatic rings. The molecule has 2 unspecified atom stereocenters. The van der Waals surface area contributed by atoms with E-state index in [1.165, 1.54) is 19.3 Å². The van der Waals surface area contributed by atoms with Gasteiger partial charge in [-0.15, -0.1) is 0 Å². The van der Waals surface area contributed by atoms with Gasteiger partial charge in [0, 0.05) is 50.5 Å². The van der Waals surface area contributed by atoms with Crippen molar-refractivity contribution in [2.75, 3.05) is 24.1 Å². The number of hydrogen-bond acceptors (Lipinski definition) is 7. The quantitative estimate of drug-likeness (QED) is 0.0659. The predicted molar refractivity (Wildman–Crippen MR) is 230 cm³/mol. The first-order valence-corrected chi connectivity index (χ1v) is 21.3. The van der Waals surface area contributed by atoms with Crippen molar-refractivity contribution in [3.8, 4) is 11.1 Å². The number of amides is 2. The zero-order valence-electron chi connectivity index (χ0n) is 34.6. The number of ether oxygens (including phenoxy) is 2. The number of rotatable bonds is 16. The van der Waals surface area contributed by atoms with Crippen molar-refractivity contribution >= 4 is 23.2 Å². The fraction of sp³-hybridized carbons (Fsp3) is 0.469. The Morgan fingerprint density at radius 3 is 2.28 bits per heavy atom. The smallest absolute Gasteiger partial charge is 0.224 e. The second kappa shape index (κ2) is 18.6. The van der Waals surface area contributed by atoms with Crippen LogP contribution in [0.1, 0.15) is 120 Å². The molecule has 2 heterocycles. The number of fused-ring (bicyclic) bond motifs is 2. The Balaban J connectivity index is 0.934. The van der Waals surface area contributed by atoms with Crippen LogP contribution in [0.15, 0.2) is 97.1 Å². The van der Waals surface area contributed by atoms with Crippen molar-refractivity contribution in [2.45, 2.75) is 123 Å². The number of carbonyl (C=O) groups is 2.